The third-order valence-electron chi connectivity index (χ3n) is 1.47. The predicted molar refractivity (Wildman–Crippen MR) is 41.9 cm³/mol. The summed E-state index contributed by atoms with van der Waals surface area (Å²) in [4.78, 5) is 13.8. The summed E-state index contributed by atoms with van der Waals surface area (Å²) in [5.41, 5.74) is 5.49. The zero-order chi connectivity index (χ0) is 8.10. The van der Waals surface area contributed by atoms with Gasteiger partial charge in [-0.15, -0.1) is 0 Å². The summed E-state index contributed by atoms with van der Waals surface area (Å²) in [5, 5.41) is 0. The summed E-state index contributed by atoms with van der Waals surface area (Å²) in [6.45, 7) is 0.768. The lowest BCUT2D eigenvalue weighted by Crippen LogP contribution is -2.02. The van der Waals surface area contributed by atoms with Crippen LogP contribution in [-0.2, 0) is 11.3 Å². The predicted octanol–water partition coefficient (Wildman–Crippen LogP) is 0.444. The van der Waals surface area contributed by atoms with Gasteiger partial charge in [0.15, 0.2) is 5.95 Å². The van der Waals surface area contributed by atoms with E-state index in [0.717, 1.165) is 19.3 Å². The standard InChI is InChI=1S/C7H11N3O/c8-7-9-3-5-10(7)4-1-2-6-11/h3,5-6H,1-2,4H2,(H2,8,9). The number of aromatic nitrogens is 2. The van der Waals surface area contributed by atoms with Crippen molar-refractivity contribution in [2.24, 2.45) is 0 Å². The Kier molecular flexibility index (Phi) is 2.66. The van der Waals surface area contributed by atoms with Gasteiger partial charge in [-0.1, -0.05) is 0 Å². The molecule has 1 aromatic heterocycles. The number of hydrogen-bond donors (Lipinski definition) is 1. The topological polar surface area (TPSA) is 60.9 Å². The van der Waals surface area contributed by atoms with Crippen molar-refractivity contribution >= 4 is 12.2 Å². The highest BCUT2D eigenvalue weighted by molar-refractivity contribution is 5.48. The number of aryl methyl sites for hydroxylation is 1. The second kappa shape index (κ2) is 3.75. The van der Waals surface area contributed by atoms with E-state index < -0.39 is 0 Å². The zero-order valence-electron chi connectivity index (χ0n) is 6.23. The minimum Gasteiger partial charge on any atom is -0.369 e. The van der Waals surface area contributed by atoms with E-state index in [4.69, 9.17) is 5.73 Å². The number of nitrogens with zero attached hydrogens (tertiary/aromatic N) is 2. The number of unbranched alkanes of at least 4 members (excludes halogenated alkanes) is 1. The van der Waals surface area contributed by atoms with E-state index in [1.165, 1.54) is 0 Å². The van der Waals surface area contributed by atoms with Crippen molar-refractivity contribution in [1.82, 2.24) is 9.55 Å². The molecule has 2 N–H and O–H groups in total. The van der Waals surface area contributed by atoms with Gasteiger partial charge in [0.05, 0.1) is 0 Å². The smallest absolute Gasteiger partial charge is 0.200 e. The van der Waals surface area contributed by atoms with Gasteiger partial charge < -0.3 is 15.1 Å². The Bertz CT molecular complexity index is 231. The van der Waals surface area contributed by atoms with E-state index in [0.29, 0.717) is 12.4 Å². The summed E-state index contributed by atoms with van der Waals surface area (Å²) < 4.78 is 1.82. The largest absolute Gasteiger partial charge is 0.369 e. The number of nitrogen functional groups attached to an aromatic ring is 1. The number of aldehydes is 1. The number of hydrogen-bond acceptors (Lipinski definition) is 3. The Hall–Kier alpha value is -1.32. The first-order valence-corrected chi connectivity index (χ1v) is 3.55. The van der Waals surface area contributed by atoms with Crippen LogP contribution in [0.3, 0.4) is 0 Å². The maximum Gasteiger partial charge on any atom is 0.200 e. The van der Waals surface area contributed by atoms with Crippen LogP contribution in [0.1, 0.15) is 12.8 Å². The first-order chi connectivity index (χ1) is 5.34. The zero-order valence-corrected chi connectivity index (χ0v) is 6.23. The van der Waals surface area contributed by atoms with Gasteiger partial charge in [-0.05, 0) is 6.42 Å². The Balaban J connectivity index is 2.38. The minimum absolute atomic E-state index is 0.510. The number of rotatable bonds is 4. The van der Waals surface area contributed by atoms with E-state index in [2.05, 4.69) is 4.98 Å². The summed E-state index contributed by atoms with van der Waals surface area (Å²) in [6, 6.07) is 0. The molecule has 0 saturated carbocycles. The van der Waals surface area contributed by atoms with Crippen LogP contribution >= 0.6 is 0 Å². The molecule has 4 heteroatoms. The van der Waals surface area contributed by atoms with Gasteiger partial charge in [0.25, 0.3) is 0 Å². The molecule has 0 atom stereocenters. The molecule has 4 nitrogen and oxygen atoms in total. The van der Waals surface area contributed by atoms with Gasteiger partial charge in [0, 0.05) is 25.4 Å². The van der Waals surface area contributed by atoms with Crippen LogP contribution in [0.4, 0.5) is 5.95 Å². The normalized spacial score (nSPS) is 9.82. The lowest BCUT2D eigenvalue weighted by Gasteiger charge is -2.00. The average molecular weight is 153 g/mol. The van der Waals surface area contributed by atoms with Crippen LogP contribution in [0.5, 0.6) is 0 Å². The second-order valence-electron chi connectivity index (χ2n) is 2.29. The molecule has 0 aliphatic carbocycles. The van der Waals surface area contributed by atoms with E-state index in [1.54, 1.807) is 12.4 Å². The van der Waals surface area contributed by atoms with E-state index >= 15 is 0 Å². The highest BCUT2D eigenvalue weighted by Crippen LogP contribution is 2.00. The fraction of sp³-hybridized carbons (Fsp3) is 0.429. The fourth-order valence-corrected chi connectivity index (χ4v) is 0.875. The number of carbonyl (C=O) groups is 1. The van der Waals surface area contributed by atoms with Crippen molar-refractivity contribution < 1.29 is 4.79 Å². The van der Waals surface area contributed by atoms with Crippen molar-refractivity contribution in [3.05, 3.63) is 12.4 Å². The monoisotopic (exact) mass is 153 g/mol. The van der Waals surface area contributed by atoms with Crippen LogP contribution in [0.15, 0.2) is 12.4 Å². The Morgan fingerprint density at radius 1 is 1.73 bits per heavy atom. The molecule has 1 aromatic rings. The van der Waals surface area contributed by atoms with Crippen LogP contribution in [-0.4, -0.2) is 15.8 Å². The third-order valence-corrected chi connectivity index (χ3v) is 1.47. The number of nitrogens with two attached hydrogens (primary N) is 1. The van der Waals surface area contributed by atoms with E-state index in [-0.39, 0.29) is 0 Å². The molecule has 0 aromatic carbocycles. The van der Waals surface area contributed by atoms with Gasteiger partial charge in [0.1, 0.15) is 6.29 Å². The molecule has 11 heavy (non-hydrogen) atoms. The van der Waals surface area contributed by atoms with Crippen molar-refractivity contribution in [3.8, 4) is 0 Å². The first-order valence-electron chi connectivity index (χ1n) is 3.55. The molecule has 0 fully saturated rings. The number of carbonyl (C=O) groups excluding carboxylic acids is 1. The Labute approximate surface area is 65.0 Å². The molecule has 0 aliphatic heterocycles. The summed E-state index contributed by atoms with van der Waals surface area (Å²) in [7, 11) is 0. The fourth-order valence-electron chi connectivity index (χ4n) is 0.875. The number of imidazole rings is 1. The molecule has 0 amide bonds. The lowest BCUT2D eigenvalue weighted by molar-refractivity contribution is -0.107. The highest BCUT2D eigenvalue weighted by Gasteiger charge is 1.95. The lowest BCUT2D eigenvalue weighted by atomic mass is 10.3. The second-order valence-corrected chi connectivity index (χ2v) is 2.29. The first kappa shape index (κ1) is 7.78. The maximum atomic E-state index is 9.96. The highest BCUT2D eigenvalue weighted by atomic mass is 16.1. The molecule has 60 valence electrons. The maximum absolute atomic E-state index is 9.96. The van der Waals surface area contributed by atoms with Crippen LogP contribution in [0, 0.1) is 0 Å². The molecule has 0 spiro atoms. The molecule has 0 saturated heterocycles. The van der Waals surface area contributed by atoms with E-state index in [1.807, 2.05) is 4.57 Å². The molecule has 1 rings (SSSR count). The van der Waals surface area contributed by atoms with Crippen molar-refractivity contribution in [1.29, 1.82) is 0 Å². The molecular formula is C7H11N3O. The van der Waals surface area contributed by atoms with Crippen LogP contribution in [0.25, 0.3) is 0 Å². The van der Waals surface area contributed by atoms with Gasteiger partial charge in [0.2, 0.25) is 0 Å². The SMILES string of the molecule is Nc1nccn1CCCC=O. The van der Waals surface area contributed by atoms with Crippen molar-refractivity contribution in [2.75, 3.05) is 5.73 Å². The van der Waals surface area contributed by atoms with Crippen molar-refractivity contribution in [3.63, 3.8) is 0 Å². The minimum atomic E-state index is 0.510. The van der Waals surface area contributed by atoms with E-state index in [9.17, 15) is 4.79 Å². The third kappa shape index (κ3) is 2.07. The van der Waals surface area contributed by atoms with Gasteiger partial charge in [-0.3, -0.25) is 0 Å². The van der Waals surface area contributed by atoms with Crippen molar-refractivity contribution in [2.45, 2.75) is 19.4 Å². The Morgan fingerprint density at radius 2 is 2.55 bits per heavy atom. The van der Waals surface area contributed by atoms with Gasteiger partial charge >= 0.3 is 0 Å². The molecule has 0 unspecified atom stereocenters. The summed E-state index contributed by atoms with van der Waals surface area (Å²) in [5.74, 6) is 0.510. The molecule has 0 radical (unpaired) electrons. The molecular weight excluding hydrogens is 142 g/mol. The Morgan fingerprint density at radius 3 is 3.09 bits per heavy atom. The molecule has 0 aliphatic rings. The number of anilines is 1. The molecule has 1 heterocycles. The summed E-state index contributed by atoms with van der Waals surface area (Å²) >= 11 is 0. The molecule has 0 bridgehead atoms. The van der Waals surface area contributed by atoms with Crippen LogP contribution in [0.2, 0.25) is 0 Å². The van der Waals surface area contributed by atoms with Gasteiger partial charge in [-0.25, -0.2) is 4.98 Å². The van der Waals surface area contributed by atoms with Crippen LogP contribution < -0.4 is 5.73 Å². The average Bonchev–Trinajstić information content (AvgIpc) is 2.37. The quantitative estimate of drug-likeness (QED) is 0.504. The van der Waals surface area contributed by atoms with Gasteiger partial charge in [-0.2, -0.15) is 0 Å². The summed E-state index contributed by atoms with van der Waals surface area (Å²) in [6.07, 6.45) is 5.77.